The molecule has 2 heterocycles. The van der Waals surface area contributed by atoms with E-state index in [2.05, 4.69) is 0 Å². The number of benzene rings is 3. The Labute approximate surface area is 179 Å². The van der Waals surface area contributed by atoms with Crippen LogP contribution in [0.3, 0.4) is 0 Å². The predicted octanol–water partition coefficient (Wildman–Crippen LogP) is 5.00. The predicted molar refractivity (Wildman–Crippen MR) is 119 cm³/mol. The molecule has 4 nitrogen and oxygen atoms in total. The first kappa shape index (κ1) is 19.4. The molecular formula is C24H16F2N2O2S. The van der Waals surface area contributed by atoms with E-state index in [1.165, 1.54) is 40.2 Å². The first-order valence-electron chi connectivity index (χ1n) is 9.62. The van der Waals surface area contributed by atoms with Gasteiger partial charge in [-0.1, -0.05) is 36.4 Å². The van der Waals surface area contributed by atoms with E-state index in [1.807, 2.05) is 24.3 Å². The van der Waals surface area contributed by atoms with Crippen LogP contribution in [0.2, 0.25) is 0 Å². The fourth-order valence-corrected chi connectivity index (χ4v) is 4.85. The maximum Gasteiger partial charge on any atom is 0.336 e. The molecule has 0 aliphatic rings. The van der Waals surface area contributed by atoms with Gasteiger partial charge in [-0.05, 0) is 48.4 Å². The lowest BCUT2D eigenvalue weighted by atomic mass is 10.2. The van der Waals surface area contributed by atoms with E-state index in [-0.39, 0.29) is 18.0 Å². The zero-order valence-electron chi connectivity index (χ0n) is 16.4. The first-order valence-corrected chi connectivity index (χ1v) is 10.4. The molecule has 0 spiro atoms. The van der Waals surface area contributed by atoms with Crippen LogP contribution in [0.25, 0.3) is 26.0 Å². The van der Waals surface area contributed by atoms with Gasteiger partial charge in [-0.25, -0.2) is 18.1 Å². The molecule has 0 aliphatic heterocycles. The van der Waals surface area contributed by atoms with Crippen LogP contribution in [0.4, 0.5) is 8.78 Å². The van der Waals surface area contributed by atoms with Gasteiger partial charge in [0.25, 0.3) is 5.56 Å². The van der Waals surface area contributed by atoms with Crippen molar-refractivity contribution in [1.29, 1.82) is 0 Å². The number of aromatic nitrogens is 2. The van der Waals surface area contributed by atoms with Crippen molar-refractivity contribution < 1.29 is 8.78 Å². The zero-order chi connectivity index (χ0) is 21.7. The van der Waals surface area contributed by atoms with Gasteiger partial charge < -0.3 is 0 Å². The highest BCUT2D eigenvalue weighted by molar-refractivity contribution is 7.25. The summed E-state index contributed by atoms with van der Waals surface area (Å²) in [5, 5.41) is 0.793. The highest BCUT2D eigenvalue weighted by Crippen LogP contribution is 2.31. The molecule has 5 aromatic rings. The molecule has 154 valence electrons. The molecule has 0 saturated heterocycles. The molecule has 0 radical (unpaired) electrons. The largest absolute Gasteiger partial charge is 0.336 e. The minimum atomic E-state index is -0.575. The number of halogens is 2. The fourth-order valence-electron chi connectivity index (χ4n) is 3.72. The van der Waals surface area contributed by atoms with Crippen LogP contribution in [-0.2, 0) is 6.54 Å². The summed E-state index contributed by atoms with van der Waals surface area (Å²) >= 11 is 1.29. The first-order chi connectivity index (χ1) is 14.9. The molecule has 7 heteroatoms. The van der Waals surface area contributed by atoms with Gasteiger partial charge in [-0.3, -0.25) is 9.36 Å². The van der Waals surface area contributed by atoms with E-state index in [0.717, 1.165) is 14.7 Å². The van der Waals surface area contributed by atoms with Gasteiger partial charge in [0.05, 0.1) is 17.7 Å². The summed E-state index contributed by atoms with van der Waals surface area (Å²) in [5.74, 6) is -0.868. The molecule has 31 heavy (non-hydrogen) atoms. The molecule has 0 fully saturated rings. The molecule has 0 saturated carbocycles. The molecule has 0 N–H and O–H groups in total. The summed E-state index contributed by atoms with van der Waals surface area (Å²) in [7, 11) is 0. The fraction of sp³-hybridized carbons (Fsp3) is 0.0833. The van der Waals surface area contributed by atoms with Crippen LogP contribution in [0, 0.1) is 18.6 Å². The van der Waals surface area contributed by atoms with Crippen LogP contribution in [0.15, 0.2) is 76.3 Å². The average molecular weight is 434 g/mol. The van der Waals surface area contributed by atoms with E-state index in [1.54, 1.807) is 25.1 Å². The van der Waals surface area contributed by atoms with E-state index >= 15 is 0 Å². The second-order valence-corrected chi connectivity index (χ2v) is 8.40. The molecular weight excluding hydrogens is 418 g/mol. The Hall–Kier alpha value is -3.58. The van der Waals surface area contributed by atoms with Crippen LogP contribution < -0.4 is 11.2 Å². The Morgan fingerprint density at radius 3 is 2.42 bits per heavy atom. The number of thiophene rings is 1. The lowest BCUT2D eigenvalue weighted by molar-refractivity contribution is 0.615. The normalized spacial score (nSPS) is 11.5. The van der Waals surface area contributed by atoms with Crippen LogP contribution in [0.5, 0.6) is 0 Å². The van der Waals surface area contributed by atoms with E-state index in [0.29, 0.717) is 21.3 Å². The van der Waals surface area contributed by atoms with Gasteiger partial charge in [0, 0.05) is 10.1 Å². The Morgan fingerprint density at radius 2 is 1.68 bits per heavy atom. The standard InChI is InChI=1S/C24H16F2N2O2S/c1-14-6-11-17(12-19(14)26)28-23(29)22-21(18-4-2-3-5-20(18)31-22)27(24(28)30)13-15-7-9-16(25)10-8-15/h2-12H,13H2,1H3. The molecule has 0 unspecified atom stereocenters. The third kappa shape index (κ3) is 3.18. The van der Waals surface area contributed by atoms with E-state index in [9.17, 15) is 18.4 Å². The van der Waals surface area contributed by atoms with E-state index < -0.39 is 17.1 Å². The van der Waals surface area contributed by atoms with Crippen molar-refractivity contribution in [2.75, 3.05) is 0 Å². The molecule has 0 atom stereocenters. The molecule has 5 rings (SSSR count). The lowest BCUT2D eigenvalue weighted by Gasteiger charge is -2.13. The summed E-state index contributed by atoms with van der Waals surface area (Å²) < 4.78 is 31.4. The van der Waals surface area contributed by atoms with E-state index in [4.69, 9.17) is 0 Å². The molecule has 0 amide bonds. The van der Waals surface area contributed by atoms with Crippen LogP contribution in [0.1, 0.15) is 11.1 Å². The van der Waals surface area contributed by atoms with Gasteiger partial charge >= 0.3 is 5.69 Å². The Bertz CT molecular complexity index is 1580. The summed E-state index contributed by atoms with van der Waals surface area (Å²) in [4.78, 5) is 26.9. The van der Waals surface area contributed by atoms with Crippen molar-refractivity contribution in [3.8, 4) is 5.69 Å². The summed E-state index contributed by atoms with van der Waals surface area (Å²) in [6.07, 6.45) is 0. The molecule has 0 aliphatic carbocycles. The number of nitrogens with zero attached hydrogens (tertiary/aromatic N) is 2. The van der Waals surface area contributed by atoms with Gasteiger partial charge in [0.1, 0.15) is 16.3 Å². The molecule has 0 bridgehead atoms. The molecule has 3 aromatic carbocycles. The second kappa shape index (κ2) is 7.28. The second-order valence-electron chi connectivity index (χ2n) is 7.35. The third-order valence-corrected chi connectivity index (χ3v) is 6.47. The van der Waals surface area contributed by atoms with Crippen LogP contribution >= 0.6 is 11.3 Å². The van der Waals surface area contributed by atoms with Crippen molar-refractivity contribution in [3.05, 3.63) is 110 Å². The number of hydrogen-bond donors (Lipinski definition) is 0. The lowest BCUT2D eigenvalue weighted by Crippen LogP contribution is -2.38. The maximum absolute atomic E-state index is 14.2. The number of aryl methyl sites for hydroxylation is 1. The Kier molecular flexibility index (Phi) is 4.55. The maximum atomic E-state index is 14.2. The summed E-state index contributed by atoms with van der Waals surface area (Å²) in [5.41, 5.74) is 0.772. The third-order valence-electron chi connectivity index (χ3n) is 5.33. The van der Waals surface area contributed by atoms with Crippen molar-refractivity contribution in [1.82, 2.24) is 9.13 Å². The minimum Gasteiger partial charge on any atom is -0.287 e. The van der Waals surface area contributed by atoms with Gasteiger partial charge in [-0.2, -0.15) is 0 Å². The van der Waals surface area contributed by atoms with Crippen molar-refractivity contribution in [2.45, 2.75) is 13.5 Å². The van der Waals surface area contributed by atoms with Crippen molar-refractivity contribution >= 4 is 31.6 Å². The number of fused-ring (bicyclic) bond motifs is 3. The zero-order valence-corrected chi connectivity index (χ0v) is 17.2. The average Bonchev–Trinajstić information content (AvgIpc) is 3.15. The van der Waals surface area contributed by atoms with Crippen molar-refractivity contribution in [3.63, 3.8) is 0 Å². The number of rotatable bonds is 3. The highest BCUT2D eigenvalue weighted by atomic mass is 32.1. The Balaban J connectivity index is 1.88. The SMILES string of the molecule is Cc1ccc(-n2c(=O)c3sc4ccccc4c3n(Cc3ccc(F)cc3)c2=O)cc1F. The Morgan fingerprint density at radius 1 is 0.935 bits per heavy atom. The van der Waals surface area contributed by atoms with Crippen LogP contribution in [-0.4, -0.2) is 9.13 Å². The van der Waals surface area contributed by atoms with Crippen molar-refractivity contribution in [2.24, 2.45) is 0 Å². The monoisotopic (exact) mass is 434 g/mol. The van der Waals surface area contributed by atoms with Gasteiger partial charge in [0.2, 0.25) is 0 Å². The number of hydrogen-bond acceptors (Lipinski definition) is 3. The topological polar surface area (TPSA) is 44.0 Å². The van der Waals surface area contributed by atoms with Gasteiger partial charge in [-0.15, -0.1) is 11.3 Å². The molecule has 2 aromatic heterocycles. The summed E-state index contributed by atoms with van der Waals surface area (Å²) in [6.45, 7) is 1.76. The minimum absolute atomic E-state index is 0.144. The quantitative estimate of drug-likeness (QED) is 0.401. The summed E-state index contributed by atoms with van der Waals surface area (Å²) in [6, 6.07) is 17.6. The smallest absolute Gasteiger partial charge is 0.287 e. The van der Waals surface area contributed by atoms with Gasteiger partial charge in [0.15, 0.2) is 0 Å². The highest BCUT2D eigenvalue weighted by Gasteiger charge is 2.20.